The van der Waals surface area contributed by atoms with Gasteiger partial charge in [0.2, 0.25) is 0 Å². The Bertz CT molecular complexity index is 885. The molecule has 0 bridgehead atoms. The molecule has 1 aromatic heterocycles. The van der Waals surface area contributed by atoms with Crippen LogP contribution >= 0.6 is 0 Å². The number of aromatic nitrogens is 1. The highest BCUT2D eigenvalue weighted by Crippen LogP contribution is 2.22. The standard InChI is InChI=1S/C21H22N2O/c24-21-20-11-5-4-9-18(20)12-14-23(21)19-10-6-13-22(16-19)15-17-7-2-1-3-8-17/h1-5,7-9,11-12,14,19H,6,10,13,15-16H2/t19-/m1/s1. The van der Waals surface area contributed by atoms with Gasteiger partial charge >= 0.3 is 0 Å². The lowest BCUT2D eigenvalue weighted by atomic mass is 10.0. The third-order valence-corrected chi connectivity index (χ3v) is 4.96. The molecule has 2 aromatic carbocycles. The van der Waals surface area contributed by atoms with Crippen molar-refractivity contribution >= 4 is 10.8 Å². The van der Waals surface area contributed by atoms with Gasteiger partial charge in [-0.1, -0.05) is 48.5 Å². The van der Waals surface area contributed by atoms with Gasteiger partial charge in [0, 0.05) is 30.7 Å². The molecule has 0 unspecified atom stereocenters. The van der Waals surface area contributed by atoms with Crippen molar-refractivity contribution < 1.29 is 0 Å². The molecular formula is C21H22N2O. The molecule has 2 heterocycles. The van der Waals surface area contributed by atoms with Gasteiger partial charge in [-0.25, -0.2) is 0 Å². The summed E-state index contributed by atoms with van der Waals surface area (Å²) in [5.74, 6) is 0. The minimum atomic E-state index is 0.139. The Morgan fingerprint density at radius 3 is 2.62 bits per heavy atom. The summed E-state index contributed by atoms with van der Waals surface area (Å²) in [4.78, 5) is 15.3. The van der Waals surface area contributed by atoms with Crippen LogP contribution in [0.15, 0.2) is 71.7 Å². The number of hydrogen-bond donors (Lipinski definition) is 0. The monoisotopic (exact) mass is 318 g/mol. The van der Waals surface area contributed by atoms with E-state index in [9.17, 15) is 4.79 Å². The van der Waals surface area contributed by atoms with Crippen molar-refractivity contribution in [2.75, 3.05) is 13.1 Å². The Morgan fingerprint density at radius 1 is 0.958 bits per heavy atom. The summed E-state index contributed by atoms with van der Waals surface area (Å²) in [6.45, 7) is 3.00. The molecule has 0 N–H and O–H groups in total. The summed E-state index contributed by atoms with van der Waals surface area (Å²) in [5, 5.41) is 1.84. The Balaban J connectivity index is 1.58. The zero-order valence-corrected chi connectivity index (χ0v) is 13.8. The van der Waals surface area contributed by atoms with Gasteiger partial charge in [0.15, 0.2) is 0 Å². The van der Waals surface area contributed by atoms with E-state index in [1.54, 1.807) is 0 Å². The van der Waals surface area contributed by atoms with Crippen LogP contribution in [0.4, 0.5) is 0 Å². The first kappa shape index (κ1) is 15.2. The zero-order valence-electron chi connectivity index (χ0n) is 13.8. The molecule has 0 amide bonds. The molecule has 3 heteroatoms. The van der Waals surface area contributed by atoms with E-state index in [4.69, 9.17) is 0 Å². The van der Waals surface area contributed by atoms with E-state index in [0.717, 1.165) is 43.2 Å². The number of benzene rings is 2. The van der Waals surface area contributed by atoms with Crippen LogP contribution in [0.3, 0.4) is 0 Å². The van der Waals surface area contributed by atoms with Crippen LogP contribution in [0.2, 0.25) is 0 Å². The first-order valence-corrected chi connectivity index (χ1v) is 8.67. The predicted molar refractivity (Wildman–Crippen MR) is 98.2 cm³/mol. The fourth-order valence-electron chi connectivity index (χ4n) is 3.74. The number of rotatable bonds is 3. The highest BCUT2D eigenvalue weighted by molar-refractivity contribution is 5.81. The normalized spacial score (nSPS) is 18.8. The summed E-state index contributed by atoms with van der Waals surface area (Å²) in [7, 11) is 0. The fourth-order valence-corrected chi connectivity index (χ4v) is 3.74. The average Bonchev–Trinajstić information content (AvgIpc) is 2.63. The molecule has 3 aromatic rings. The molecule has 1 aliphatic rings. The molecule has 0 radical (unpaired) electrons. The second kappa shape index (κ2) is 6.62. The zero-order chi connectivity index (χ0) is 16.4. The van der Waals surface area contributed by atoms with Gasteiger partial charge in [0.05, 0.1) is 0 Å². The number of fused-ring (bicyclic) bond motifs is 1. The molecule has 3 nitrogen and oxygen atoms in total. The molecule has 0 spiro atoms. The van der Waals surface area contributed by atoms with Crippen LogP contribution in [0.1, 0.15) is 24.4 Å². The third kappa shape index (κ3) is 3.00. The van der Waals surface area contributed by atoms with Crippen molar-refractivity contribution in [1.82, 2.24) is 9.47 Å². The van der Waals surface area contributed by atoms with Gasteiger partial charge in [0.1, 0.15) is 0 Å². The molecule has 1 atom stereocenters. The molecule has 4 rings (SSSR count). The lowest BCUT2D eigenvalue weighted by Crippen LogP contribution is -2.39. The fraction of sp³-hybridized carbons (Fsp3) is 0.286. The average molecular weight is 318 g/mol. The van der Waals surface area contributed by atoms with Gasteiger partial charge in [-0.15, -0.1) is 0 Å². The minimum Gasteiger partial charge on any atom is -0.311 e. The van der Waals surface area contributed by atoms with Crippen molar-refractivity contribution in [3.63, 3.8) is 0 Å². The molecule has 24 heavy (non-hydrogen) atoms. The maximum atomic E-state index is 12.8. The maximum Gasteiger partial charge on any atom is 0.258 e. The Labute approximate surface area is 142 Å². The third-order valence-electron chi connectivity index (χ3n) is 4.96. The molecular weight excluding hydrogens is 296 g/mol. The highest BCUT2D eigenvalue weighted by atomic mass is 16.1. The van der Waals surface area contributed by atoms with Gasteiger partial charge in [-0.05, 0) is 42.5 Å². The van der Waals surface area contributed by atoms with Crippen molar-refractivity contribution in [1.29, 1.82) is 0 Å². The van der Waals surface area contributed by atoms with Crippen molar-refractivity contribution in [3.8, 4) is 0 Å². The quantitative estimate of drug-likeness (QED) is 0.733. The van der Waals surface area contributed by atoms with Crippen LogP contribution in [0.25, 0.3) is 10.8 Å². The van der Waals surface area contributed by atoms with Crippen molar-refractivity contribution in [2.24, 2.45) is 0 Å². The van der Waals surface area contributed by atoms with E-state index < -0.39 is 0 Å². The topological polar surface area (TPSA) is 25.2 Å². The van der Waals surface area contributed by atoms with E-state index >= 15 is 0 Å². The van der Waals surface area contributed by atoms with E-state index in [1.807, 2.05) is 35.0 Å². The molecule has 1 saturated heterocycles. The molecule has 122 valence electrons. The minimum absolute atomic E-state index is 0.139. The SMILES string of the molecule is O=c1c2ccccc2ccn1[C@@H]1CCCN(Cc2ccccc2)C1. The van der Waals surface area contributed by atoms with Crippen molar-refractivity contribution in [2.45, 2.75) is 25.4 Å². The molecule has 1 aliphatic heterocycles. The van der Waals surface area contributed by atoms with Gasteiger partial charge in [0.25, 0.3) is 5.56 Å². The second-order valence-electron chi connectivity index (χ2n) is 6.63. The van der Waals surface area contributed by atoms with E-state index in [-0.39, 0.29) is 11.6 Å². The van der Waals surface area contributed by atoms with E-state index in [0.29, 0.717) is 0 Å². The number of nitrogens with zero attached hydrogens (tertiary/aromatic N) is 2. The van der Waals surface area contributed by atoms with Gasteiger partial charge in [-0.3, -0.25) is 9.69 Å². The Kier molecular flexibility index (Phi) is 4.18. The second-order valence-corrected chi connectivity index (χ2v) is 6.63. The number of hydrogen-bond acceptors (Lipinski definition) is 2. The lowest BCUT2D eigenvalue weighted by molar-refractivity contribution is 0.168. The van der Waals surface area contributed by atoms with Crippen LogP contribution in [0, 0.1) is 0 Å². The smallest absolute Gasteiger partial charge is 0.258 e. The van der Waals surface area contributed by atoms with E-state index in [1.165, 1.54) is 5.56 Å². The summed E-state index contributed by atoms with van der Waals surface area (Å²) in [5.41, 5.74) is 1.48. The van der Waals surface area contributed by atoms with Crippen LogP contribution < -0.4 is 5.56 Å². The Hall–Kier alpha value is -2.39. The molecule has 0 saturated carbocycles. The van der Waals surface area contributed by atoms with Gasteiger partial charge < -0.3 is 4.57 Å². The summed E-state index contributed by atoms with van der Waals surface area (Å²) in [6.07, 6.45) is 4.18. The molecule has 1 fully saturated rings. The highest BCUT2D eigenvalue weighted by Gasteiger charge is 2.22. The number of likely N-dealkylation sites (tertiary alicyclic amines) is 1. The summed E-state index contributed by atoms with van der Waals surface area (Å²) < 4.78 is 1.94. The first-order valence-electron chi connectivity index (χ1n) is 8.67. The summed E-state index contributed by atoms with van der Waals surface area (Å²) >= 11 is 0. The maximum absolute atomic E-state index is 12.8. The number of pyridine rings is 1. The first-order chi connectivity index (χ1) is 11.8. The van der Waals surface area contributed by atoms with E-state index in [2.05, 4.69) is 41.3 Å². The van der Waals surface area contributed by atoms with Crippen LogP contribution in [0.5, 0.6) is 0 Å². The van der Waals surface area contributed by atoms with Crippen LogP contribution in [-0.2, 0) is 6.54 Å². The van der Waals surface area contributed by atoms with Gasteiger partial charge in [-0.2, -0.15) is 0 Å². The van der Waals surface area contributed by atoms with Crippen molar-refractivity contribution in [3.05, 3.63) is 82.8 Å². The summed E-state index contributed by atoms with van der Waals surface area (Å²) in [6, 6.07) is 20.8. The Morgan fingerprint density at radius 2 is 1.75 bits per heavy atom. The largest absolute Gasteiger partial charge is 0.311 e. The number of piperidine rings is 1. The van der Waals surface area contributed by atoms with Crippen LogP contribution in [-0.4, -0.2) is 22.6 Å². The predicted octanol–water partition coefficient (Wildman–Crippen LogP) is 3.84. The lowest BCUT2D eigenvalue weighted by Gasteiger charge is -2.33. The molecule has 0 aliphatic carbocycles.